The summed E-state index contributed by atoms with van der Waals surface area (Å²) < 4.78 is 5.10. The van der Waals surface area contributed by atoms with E-state index in [9.17, 15) is 4.79 Å². The molecule has 27 heavy (non-hydrogen) atoms. The predicted octanol–water partition coefficient (Wildman–Crippen LogP) is 1.76. The van der Waals surface area contributed by atoms with Crippen molar-refractivity contribution in [1.29, 1.82) is 0 Å². The normalized spacial score (nSPS) is 14.6. The Bertz CT molecular complexity index is 622. The molecule has 0 aromatic heterocycles. The fourth-order valence-electron chi connectivity index (χ4n) is 2.68. The minimum Gasteiger partial charge on any atom is -0.383 e. The molecular weight excluding hydrogens is 481 g/mol. The number of methoxy groups -OCH3 is 1. The Labute approximate surface area is 183 Å². The highest BCUT2D eigenvalue weighted by Gasteiger charge is 2.21. The molecule has 152 valence electrons. The van der Waals surface area contributed by atoms with Crippen LogP contribution in [0.1, 0.15) is 0 Å². The van der Waals surface area contributed by atoms with E-state index in [0.29, 0.717) is 13.2 Å². The van der Waals surface area contributed by atoms with Gasteiger partial charge in [-0.2, -0.15) is 0 Å². The van der Waals surface area contributed by atoms with Gasteiger partial charge in [-0.25, -0.2) is 4.99 Å². The predicted molar refractivity (Wildman–Crippen MR) is 122 cm³/mol. The fourth-order valence-corrected chi connectivity index (χ4v) is 2.94. The van der Waals surface area contributed by atoms with E-state index >= 15 is 0 Å². The van der Waals surface area contributed by atoms with Crippen molar-refractivity contribution in [2.45, 2.75) is 0 Å². The molecule has 0 saturated carbocycles. The molecule has 1 aliphatic heterocycles. The average molecular weight is 510 g/mol. The van der Waals surface area contributed by atoms with Crippen LogP contribution in [0.2, 0.25) is 5.02 Å². The summed E-state index contributed by atoms with van der Waals surface area (Å²) in [5.74, 6) is 0.724. The summed E-state index contributed by atoms with van der Waals surface area (Å²) in [6.45, 7) is 4.66. The quantitative estimate of drug-likeness (QED) is 0.274. The van der Waals surface area contributed by atoms with Gasteiger partial charge < -0.3 is 24.8 Å². The van der Waals surface area contributed by atoms with Crippen LogP contribution in [0.15, 0.2) is 29.3 Å². The molecule has 9 heteroatoms. The van der Waals surface area contributed by atoms with E-state index in [1.165, 1.54) is 0 Å². The second-order valence-corrected chi connectivity index (χ2v) is 6.68. The van der Waals surface area contributed by atoms with Crippen molar-refractivity contribution in [1.82, 2.24) is 15.1 Å². The molecule has 1 saturated heterocycles. The third kappa shape index (κ3) is 7.34. The number of rotatable bonds is 6. The van der Waals surface area contributed by atoms with Gasteiger partial charge in [0.1, 0.15) is 6.54 Å². The summed E-state index contributed by atoms with van der Waals surface area (Å²) in [6.07, 6.45) is 0. The van der Waals surface area contributed by atoms with E-state index in [4.69, 9.17) is 16.3 Å². The second kappa shape index (κ2) is 12.2. The zero-order valence-corrected chi connectivity index (χ0v) is 19.2. The van der Waals surface area contributed by atoms with Crippen LogP contribution in [-0.4, -0.2) is 88.7 Å². The van der Waals surface area contributed by atoms with E-state index in [0.717, 1.165) is 42.8 Å². The number of hydrogen-bond donors (Lipinski definition) is 1. The van der Waals surface area contributed by atoms with Crippen molar-refractivity contribution < 1.29 is 9.53 Å². The lowest BCUT2D eigenvalue weighted by Gasteiger charge is -2.38. The fraction of sp³-hybridized carbons (Fsp3) is 0.556. The Morgan fingerprint density at radius 1 is 1.26 bits per heavy atom. The first-order valence-electron chi connectivity index (χ1n) is 8.74. The maximum Gasteiger partial charge on any atom is 0.243 e. The molecule has 1 aromatic rings. The summed E-state index contributed by atoms with van der Waals surface area (Å²) in [5.41, 5.74) is 1.06. The van der Waals surface area contributed by atoms with Gasteiger partial charge in [0.05, 0.1) is 17.3 Å². The number of aliphatic imine (C=N–C) groups is 1. The van der Waals surface area contributed by atoms with E-state index < -0.39 is 0 Å². The Morgan fingerprint density at radius 3 is 2.52 bits per heavy atom. The number of ether oxygens (including phenoxy) is 1. The maximum absolute atomic E-state index is 11.9. The van der Waals surface area contributed by atoms with Crippen LogP contribution < -0.4 is 10.2 Å². The van der Waals surface area contributed by atoms with Gasteiger partial charge in [0.25, 0.3) is 0 Å². The summed E-state index contributed by atoms with van der Waals surface area (Å²) in [7, 11) is 5.13. The number of halogens is 2. The number of amides is 1. The lowest BCUT2D eigenvalue weighted by molar-refractivity contribution is -0.127. The van der Waals surface area contributed by atoms with Crippen molar-refractivity contribution in [2.75, 3.05) is 72.0 Å². The molecule has 1 aliphatic rings. The molecule has 0 bridgehead atoms. The average Bonchev–Trinajstić information content (AvgIpc) is 2.65. The first-order chi connectivity index (χ1) is 12.5. The van der Waals surface area contributed by atoms with Crippen LogP contribution in [0, 0.1) is 0 Å². The van der Waals surface area contributed by atoms with Crippen LogP contribution in [0.4, 0.5) is 5.69 Å². The van der Waals surface area contributed by atoms with E-state index in [1.54, 1.807) is 26.1 Å². The summed E-state index contributed by atoms with van der Waals surface area (Å²) in [4.78, 5) is 22.3. The third-order valence-electron chi connectivity index (χ3n) is 4.22. The molecule has 1 heterocycles. The molecule has 1 aromatic carbocycles. The van der Waals surface area contributed by atoms with E-state index in [1.807, 2.05) is 24.3 Å². The monoisotopic (exact) mass is 509 g/mol. The first-order valence-corrected chi connectivity index (χ1v) is 9.12. The molecule has 0 aliphatic carbocycles. The van der Waals surface area contributed by atoms with Crippen LogP contribution in [0.25, 0.3) is 0 Å². The van der Waals surface area contributed by atoms with Crippen LogP contribution in [0.3, 0.4) is 0 Å². The summed E-state index contributed by atoms with van der Waals surface area (Å²) >= 11 is 6.31. The van der Waals surface area contributed by atoms with Gasteiger partial charge in [-0.15, -0.1) is 24.0 Å². The number of anilines is 1. The molecule has 1 N–H and O–H groups in total. The number of likely N-dealkylation sites (N-methyl/N-ethyl adjacent to an activating group) is 1. The van der Waals surface area contributed by atoms with Gasteiger partial charge in [-0.05, 0) is 12.1 Å². The van der Waals surface area contributed by atoms with Gasteiger partial charge in [0.2, 0.25) is 5.91 Å². The number of carbonyl (C=O) groups excluding carboxylic acids is 1. The van der Waals surface area contributed by atoms with Crippen molar-refractivity contribution in [3.05, 3.63) is 29.3 Å². The number of nitrogens with zero attached hydrogens (tertiary/aromatic N) is 4. The third-order valence-corrected chi connectivity index (χ3v) is 4.54. The number of guanidine groups is 1. The maximum atomic E-state index is 11.9. The van der Waals surface area contributed by atoms with E-state index in [-0.39, 0.29) is 36.4 Å². The molecule has 1 fully saturated rings. The summed E-state index contributed by atoms with van der Waals surface area (Å²) in [6, 6.07) is 7.89. The Hall–Kier alpha value is -1.26. The molecule has 0 radical (unpaired) electrons. The lowest BCUT2D eigenvalue weighted by atomic mass is 10.2. The lowest BCUT2D eigenvalue weighted by Crippen LogP contribution is -2.53. The number of benzene rings is 1. The molecule has 0 spiro atoms. The molecule has 7 nitrogen and oxygen atoms in total. The highest BCUT2D eigenvalue weighted by Crippen LogP contribution is 2.25. The molecule has 0 unspecified atom stereocenters. The molecule has 0 atom stereocenters. The minimum atomic E-state index is -0.0225. The van der Waals surface area contributed by atoms with Gasteiger partial charge in [-0.3, -0.25) is 4.79 Å². The second-order valence-electron chi connectivity index (χ2n) is 6.27. The van der Waals surface area contributed by atoms with Gasteiger partial charge in [0.15, 0.2) is 5.96 Å². The van der Waals surface area contributed by atoms with Crippen LogP contribution in [-0.2, 0) is 9.53 Å². The number of carbonyl (C=O) groups is 1. The van der Waals surface area contributed by atoms with Crippen LogP contribution in [0.5, 0.6) is 0 Å². The van der Waals surface area contributed by atoms with E-state index in [2.05, 4.69) is 20.1 Å². The highest BCUT2D eigenvalue weighted by molar-refractivity contribution is 14.0. The number of hydrogen-bond acceptors (Lipinski definition) is 4. The zero-order valence-electron chi connectivity index (χ0n) is 16.2. The highest BCUT2D eigenvalue weighted by atomic mass is 127. The van der Waals surface area contributed by atoms with Crippen molar-refractivity contribution in [2.24, 2.45) is 4.99 Å². The topological polar surface area (TPSA) is 60.4 Å². The molecule has 1 amide bonds. The van der Waals surface area contributed by atoms with Gasteiger partial charge >= 0.3 is 0 Å². The minimum absolute atomic E-state index is 0. The van der Waals surface area contributed by atoms with Crippen molar-refractivity contribution in [3.8, 4) is 0 Å². The summed E-state index contributed by atoms with van der Waals surface area (Å²) in [5, 5.41) is 4.05. The zero-order chi connectivity index (χ0) is 18.9. The van der Waals surface area contributed by atoms with Crippen molar-refractivity contribution in [3.63, 3.8) is 0 Å². The number of para-hydroxylation sites is 1. The number of nitrogens with one attached hydrogen (secondary N) is 1. The van der Waals surface area contributed by atoms with Crippen LogP contribution >= 0.6 is 35.6 Å². The standard InChI is InChI=1S/C18H28ClN5O2.HI/c1-22(2)17(25)14-21-18(20-8-13-26-3)24-11-9-23(10-12-24)16-7-5-4-6-15(16)19;/h4-7H,8-14H2,1-3H3,(H,20,21);1H. The largest absolute Gasteiger partial charge is 0.383 e. The Kier molecular flexibility index (Phi) is 10.8. The SMILES string of the molecule is COCCNC(=NCC(=O)N(C)C)N1CCN(c2ccccc2Cl)CC1.I. The van der Waals surface area contributed by atoms with Gasteiger partial charge in [-0.1, -0.05) is 23.7 Å². The smallest absolute Gasteiger partial charge is 0.243 e. The number of piperazine rings is 1. The van der Waals surface area contributed by atoms with Gasteiger partial charge in [0, 0.05) is 53.9 Å². The molecular formula is C18H29ClIN5O2. The Morgan fingerprint density at radius 2 is 1.93 bits per heavy atom. The Balaban J connectivity index is 0.00000364. The first kappa shape index (κ1) is 23.8. The molecule has 2 rings (SSSR count). The van der Waals surface area contributed by atoms with Crippen molar-refractivity contribution >= 4 is 53.1 Å².